The molecule has 0 unspecified atom stereocenters. The van der Waals surface area contributed by atoms with Gasteiger partial charge in [0.25, 0.3) is 11.8 Å². The number of aryl methyl sites for hydroxylation is 1. The summed E-state index contributed by atoms with van der Waals surface area (Å²) in [6.45, 7) is 2.73. The summed E-state index contributed by atoms with van der Waals surface area (Å²) in [6.07, 6.45) is 1.99. The first-order valence-electron chi connectivity index (χ1n) is 10.9. The van der Waals surface area contributed by atoms with Crippen molar-refractivity contribution in [3.8, 4) is 0 Å². The van der Waals surface area contributed by atoms with Crippen LogP contribution in [0, 0.1) is 12.7 Å². The SMILES string of the molecule is Cc1ccc(F)cc1C(=O)Nc1ccc(C(=O)N2Cc3cccn3Cc3ccccc32)c(Cl)c1Cl. The van der Waals surface area contributed by atoms with Crippen LogP contribution >= 0.6 is 23.2 Å². The van der Waals surface area contributed by atoms with Crippen molar-refractivity contribution in [2.75, 3.05) is 10.2 Å². The van der Waals surface area contributed by atoms with Gasteiger partial charge in [-0.05, 0) is 60.5 Å². The Morgan fingerprint density at radius 2 is 1.71 bits per heavy atom. The number of fused-ring (bicyclic) bond motifs is 2. The largest absolute Gasteiger partial charge is 0.345 e. The van der Waals surface area contributed by atoms with Crippen LogP contribution in [0.2, 0.25) is 10.0 Å². The molecule has 3 aromatic carbocycles. The fraction of sp³-hybridized carbons (Fsp3) is 0.111. The van der Waals surface area contributed by atoms with Crippen molar-refractivity contribution in [1.29, 1.82) is 0 Å². The van der Waals surface area contributed by atoms with Crippen LogP contribution in [0.4, 0.5) is 15.8 Å². The van der Waals surface area contributed by atoms with E-state index < -0.39 is 11.7 Å². The summed E-state index contributed by atoms with van der Waals surface area (Å²) in [5.41, 5.74) is 4.04. The second-order valence-electron chi connectivity index (χ2n) is 8.35. The second-order valence-corrected chi connectivity index (χ2v) is 9.11. The molecule has 0 spiro atoms. The first kappa shape index (κ1) is 23.1. The van der Waals surface area contributed by atoms with E-state index in [1.807, 2.05) is 42.6 Å². The Balaban J connectivity index is 1.47. The van der Waals surface area contributed by atoms with E-state index in [4.69, 9.17) is 23.2 Å². The Morgan fingerprint density at radius 3 is 2.54 bits per heavy atom. The number of nitrogens with one attached hydrogen (secondary N) is 1. The highest BCUT2D eigenvalue weighted by molar-refractivity contribution is 6.46. The van der Waals surface area contributed by atoms with Crippen LogP contribution in [0.5, 0.6) is 0 Å². The Morgan fingerprint density at radius 1 is 0.914 bits per heavy atom. The van der Waals surface area contributed by atoms with Crippen LogP contribution in [0.25, 0.3) is 0 Å². The van der Waals surface area contributed by atoms with Crippen LogP contribution in [0.15, 0.2) is 72.9 Å². The lowest BCUT2D eigenvalue weighted by molar-refractivity contribution is 0.0984. The van der Waals surface area contributed by atoms with E-state index in [0.29, 0.717) is 18.7 Å². The summed E-state index contributed by atoms with van der Waals surface area (Å²) in [6, 6.07) is 18.7. The van der Waals surface area contributed by atoms with Crippen molar-refractivity contribution in [2.45, 2.75) is 20.0 Å². The molecule has 0 atom stereocenters. The van der Waals surface area contributed by atoms with Crippen molar-refractivity contribution in [3.05, 3.63) is 117 Å². The standard InChI is InChI=1S/C27H20Cl2FN3O2/c1-16-8-9-18(30)13-21(16)26(34)31-22-11-10-20(24(28)25(22)29)27(35)33-15-19-6-4-12-32(19)14-17-5-2-3-7-23(17)33/h2-13H,14-15H2,1H3,(H,31,34). The summed E-state index contributed by atoms with van der Waals surface area (Å²) in [7, 11) is 0. The minimum absolute atomic E-state index is 0.0301. The molecule has 0 saturated heterocycles. The number of amides is 2. The fourth-order valence-corrected chi connectivity index (χ4v) is 4.71. The molecule has 4 aromatic rings. The van der Waals surface area contributed by atoms with Crippen molar-refractivity contribution in [2.24, 2.45) is 0 Å². The number of nitrogens with zero attached hydrogens (tertiary/aromatic N) is 2. The van der Waals surface area contributed by atoms with Crippen molar-refractivity contribution >= 4 is 46.4 Å². The third-order valence-electron chi connectivity index (χ3n) is 6.12. The molecule has 35 heavy (non-hydrogen) atoms. The molecule has 0 saturated carbocycles. The molecule has 0 aliphatic carbocycles. The van der Waals surface area contributed by atoms with Gasteiger partial charge in [-0.2, -0.15) is 0 Å². The zero-order valence-electron chi connectivity index (χ0n) is 18.7. The molecule has 0 fully saturated rings. The number of anilines is 2. The molecular weight excluding hydrogens is 488 g/mol. The number of carbonyl (C=O) groups is 2. The molecular formula is C27H20Cl2FN3O2. The maximum Gasteiger partial charge on any atom is 0.260 e. The van der Waals surface area contributed by atoms with Crippen LogP contribution in [-0.4, -0.2) is 16.4 Å². The van der Waals surface area contributed by atoms with E-state index >= 15 is 0 Å². The van der Waals surface area contributed by atoms with Crippen LogP contribution in [0.3, 0.4) is 0 Å². The molecule has 0 bridgehead atoms. The van der Waals surface area contributed by atoms with Gasteiger partial charge >= 0.3 is 0 Å². The molecule has 5 nitrogen and oxygen atoms in total. The molecule has 2 amide bonds. The fourth-order valence-electron chi connectivity index (χ4n) is 4.25. The number of carbonyl (C=O) groups excluding carboxylic acids is 2. The molecule has 1 aliphatic rings. The van der Waals surface area contributed by atoms with Gasteiger partial charge < -0.3 is 14.8 Å². The summed E-state index contributed by atoms with van der Waals surface area (Å²) in [5.74, 6) is -1.35. The quantitative estimate of drug-likeness (QED) is 0.335. The van der Waals surface area contributed by atoms with Crippen molar-refractivity contribution in [3.63, 3.8) is 0 Å². The van der Waals surface area contributed by atoms with Gasteiger partial charge in [-0.25, -0.2) is 4.39 Å². The number of hydrogen-bond donors (Lipinski definition) is 1. The number of aromatic nitrogens is 1. The lowest BCUT2D eigenvalue weighted by Crippen LogP contribution is -2.31. The van der Waals surface area contributed by atoms with Crippen LogP contribution < -0.4 is 10.2 Å². The van der Waals surface area contributed by atoms with Gasteiger partial charge in [-0.1, -0.05) is 47.5 Å². The minimum Gasteiger partial charge on any atom is -0.345 e. The molecule has 8 heteroatoms. The Labute approximate surface area is 211 Å². The van der Waals surface area contributed by atoms with E-state index in [2.05, 4.69) is 9.88 Å². The van der Waals surface area contributed by atoms with Crippen LogP contribution in [-0.2, 0) is 13.1 Å². The van der Waals surface area contributed by atoms with Gasteiger partial charge in [-0.15, -0.1) is 0 Å². The van der Waals surface area contributed by atoms with Gasteiger partial charge in [0.2, 0.25) is 0 Å². The highest BCUT2D eigenvalue weighted by atomic mass is 35.5. The normalized spacial score (nSPS) is 12.5. The Kier molecular flexibility index (Phi) is 6.09. The van der Waals surface area contributed by atoms with Crippen LogP contribution in [0.1, 0.15) is 37.5 Å². The van der Waals surface area contributed by atoms with E-state index in [1.54, 1.807) is 11.8 Å². The average Bonchev–Trinajstić information content (AvgIpc) is 3.22. The third-order valence-corrected chi connectivity index (χ3v) is 7.00. The first-order valence-corrected chi connectivity index (χ1v) is 11.7. The molecule has 0 radical (unpaired) electrons. The van der Waals surface area contributed by atoms with Crippen molar-refractivity contribution in [1.82, 2.24) is 4.57 Å². The number of para-hydroxylation sites is 1. The molecule has 1 aromatic heterocycles. The van der Waals surface area contributed by atoms with E-state index in [-0.39, 0.29) is 32.8 Å². The van der Waals surface area contributed by atoms with Gasteiger partial charge in [-0.3, -0.25) is 9.59 Å². The lowest BCUT2D eigenvalue weighted by Gasteiger charge is -2.24. The van der Waals surface area contributed by atoms with E-state index in [9.17, 15) is 14.0 Å². The highest BCUT2D eigenvalue weighted by Crippen LogP contribution is 2.36. The van der Waals surface area contributed by atoms with E-state index in [0.717, 1.165) is 23.0 Å². The number of benzene rings is 3. The topological polar surface area (TPSA) is 54.3 Å². The minimum atomic E-state index is -0.527. The monoisotopic (exact) mass is 507 g/mol. The zero-order chi connectivity index (χ0) is 24.7. The maximum absolute atomic E-state index is 13.7. The molecule has 1 N–H and O–H groups in total. The maximum atomic E-state index is 13.7. The summed E-state index contributed by atoms with van der Waals surface area (Å²) >= 11 is 13.0. The lowest BCUT2D eigenvalue weighted by atomic mass is 10.1. The zero-order valence-corrected chi connectivity index (χ0v) is 20.2. The van der Waals surface area contributed by atoms with E-state index in [1.165, 1.54) is 24.3 Å². The van der Waals surface area contributed by atoms with Crippen molar-refractivity contribution < 1.29 is 14.0 Å². The predicted octanol–water partition coefficient (Wildman–Crippen LogP) is 6.70. The number of halogens is 3. The molecule has 176 valence electrons. The summed E-state index contributed by atoms with van der Waals surface area (Å²) in [5, 5.41) is 2.73. The number of rotatable bonds is 3. The Hall–Kier alpha value is -3.61. The third kappa shape index (κ3) is 4.31. The molecule has 1 aliphatic heterocycles. The first-order chi connectivity index (χ1) is 16.8. The second kappa shape index (κ2) is 9.21. The van der Waals surface area contributed by atoms with Gasteiger partial charge in [0.05, 0.1) is 27.8 Å². The van der Waals surface area contributed by atoms with Gasteiger partial charge in [0, 0.05) is 29.7 Å². The average molecular weight is 508 g/mol. The summed E-state index contributed by atoms with van der Waals surface area (Å²) in [4.78, 5) is 28.1. The predicted molar refractivity (Wildman–Crippen MR) is 136 cm³/mol. The Bertz CT molecular complexity index is 1480. The van der Waals surface area contributed by atoms with Gasteiger partial charge in [0.1, 0.15) is 5.82 Å². The molecule has 5 rings (SSSR count). The smallest absolute Gasteiger partial charge is 0.260 e. The van der Waals surface area contributed by atoms with Gasteiger partial charge in [0.15, 0.2) is 0 Å². The highest BCUT2D eigenvalue weighted by Gasteiger charge is 2.27. The molecule has 2 heterocycles. The summed E-state index contributed by atoms with van der Waals surface area (Å²) < 4.78 is 15.7. The number of hydrogen-bond acceptors (Lipinski definition) is 2.